The number of hydrogen-bond acceptors (Lipinski definition) is 2. The van der Waals surface area contributed by atoms with E-state index in [9.17, 15) is 4.39 Å². The molecule has 128 valence electrons. The minimum Gasteiger partial charge on any atom is -0.357 e. The number of aliphatic imine (C=N–C) groups is 1. The lowest BCUT2D eigenvalue weighted by Gasteiger charge is -2.27. The molecule has 2 N–H and O–H groups in total. The first-order valence-corrected chi connectivity index (χ1v) is 8.73. The fourth-order valence-electron chi connectivity index (χ4n) is 2.95. The summed E-state index contributed by atoms with van der Waals surface area (Å²) >= 11 is 0. The minimum atomic E-state index is -0.209. The van der Waals surface area contributed by atoms with Gasteiger partial charge in [0.25, 0.3) is 0 Å². The molecule has 1 unspecified atom stereocenters. The topological polar surface area (TPSA) is 39.7 Å². The van der Waals surface area contributed by atoms with Crippen molar-refractivity contribution in [3.05, 3.63) is 35.6 Å². The number of guanidine groups is 1. The molecule has 1 fully saturated rings. The third-order valence-electron chi connectivity index (χ3n) is 4.31. The Hall–Kier alpha value is -1.62. The van der Waals surface area contributed by atoms with Gasteiger partial charge < -0.3 is 10.6 Å². The summed E-state index contributed by atoms with van der Waals surface area (Å²) in [6.45, 7) is 9.02. The standard InChI is InChI=1S/C18H29FN4/c1-3-17(23-11-5-6-12-23)14-22-18(20-4-2)21-13-15-7-9-16(19)10-8-15/h7-10,17H,3-6,11-14H2,1-2H3,(H2,20,21,22). The Balaban J connectivity index is 1.88. The molecule has 5 heteroatoms. The van der Waals surface area contributed by atoms with Crippen molar-refractivity contribution in [2.75, 3.05) is 26.2 Å². The molecule has 23 heavy (non-hydrogen) atoms. The molecule has 0 bridgehead atoms. The van der Waals surface area contributed by atoms with Crippen molar-refractivity contribution in [1.82, 2.24) is 15.5 Å². The second kappa shape index (κ2) is 9.50. The van der Waals surface area contributed by atoms with Gasteiger partial charge in [0.2, 0.25) is 0 Å². The van der Waals surface area contributed by atoms with Crippen LogP contribution >= 0.6 is 0 Å². The Bertz CT molecular complexity index is 480. The fourth-order valence-corrected chi connectivity index (χ4v) is 2.95. The molecule has 1 aromatic rings. The lowest BCUT2D eigenvalue weighted by atomic mass is 10.2. The average Bonchev–Trinajstić information content (AvgIpc) is 3.09. The van der Waals surface area contributed by atoms with Gasteiger partial charge in [0.1, 0.15) is 5.82 Å². The third-order valence-corrected chi connectivity index (χ3v) is 4.31. The van der Waals surface area contributed by atoms with Gasteiger partial charge in [-0.05, 0) is 57.0 Å². The molecular weight excluding hydrogens is 291 g/mol. The molecule has 1 aliphatic rings. The van der Waals surface area contributed by atoms with Crippen LogP contribution in [-0.2, 0) is 6.54 Å². The summed E-state index contributed by atoms with van der Waals surface area (Å²) < 4.78 is 12.9. The summed E-state index contributed by atoms with van der Waals surface area (Å²) in [7, 11) is 0. The van der Waals surface area contributed by atoms with Gasteiger partial charge >= 0.3 is 0 Å². The molecule has 1 heterocycles. The number of nitrogens with one attached hydrogen (secondary N) is 2. The Morgan fingerprint density at radius 2 is 1.87 bits per heavy atom. The number of rotatable bonds is 7. The summed E-state index contributed by atoms with van der Waals surface area (Å²) in [6, 6.07) is 7.08. The molecule has 4 nitrogen and oxygen atoms in total. The molecular formula is C18H29FN4. The van der Waals surface area contributed by atoms with E-state index in [4.69, 9.17) is 0 Å². The highest BCUT2D eigenvalue weighted by atomic mass is 19.1. The van der Waals surface area contributed by atoms with E-state index in [1.54, 1.807) is 12.1 Å². The van der Waals surface area contributed by atoms with E-state index in [-0.39, 0.29) is 5.82 Å². The van der Waals surface area contributed by atoms with Gasteiger partial charge in [0, 0.05) is 19.1 Å². The number of likely N-dealkylation sites (tertiary alicyclic amines) is 1. The Morgan fingerprint density at radius 3 is 2.48 bits per heavy atom. The second-order valence-electron chi connectivity index (χ2n) is 6.01. The zero-order valence-corrected chi connectivity index (χ0v) is 14.3. The molecule has 1 aromatic carbocycles. The Kier molecular flexibility index (Phi) is 7.33. The van der Waals surface area contributed by atoms with Gasteiger partial charge in [0.05, 0.1) is 6.54 Å². The Morgan fingerprint density at radius 1 is 1.17 bits per heavy atom. The molecule has 0 amide bonds. The van der Waals surface area contributed by atoms with Crippen LogP contribution in [0, 0.1) is 5.82 Å². The van der Waals surface area contributed by atoms with Crippen molar-refractivity contribution in [1.29, 1.82) is 0 Å². The highest BCUT2D eigenvalue weighted by Gasteiger charge is 2.20. The maximum Gasteiger partial charge on any atom is 0.191 e. The molecule has 0 aromatic heterocycles. The lowest BCUT2D eigenvalue weighted by Crippen LogP contribution is -2.46. The largest absolute Gasteiger partial charge is 0.357 e. The zero-order valence-electron chi connectivity index (χ0n) is 14.3. The van der Waals surface area contributed by atoms with E-state index in [1.165, 1.54) is 38.1 Å². The van der Waals surface area contributed by atoms with Gasteiger partial charge in [-0.3, -0.25) is 4.90 Å². The number of hydrogen-bond donors (Lipinski definition) is 2. The van der Waals surface area contributed by atoms with Crippen LogP contribution < -0.4 is 10.6 Å². The summed E-state index contributed by atoms with van der Waals surface area (Å²) in [5.74, 6) is 0.619. The quantitative estimate of drug-likeness (QED) is 0.599. The normalized spacial score (nSPS) is 17.3. The van der Waals surface area contributed by atoms with Gasteiger partial charge in [-0.1, -0.05) is 19.1 Å². The zero-order chi connectivity index (χ0) is 16.5. The molecule has 0 saturated carbocycles. The summed E-state index contributed by atoms with van der Waals surface area (Å²) in [5.41, 5.74) is 1.01. The number of halogens is 1. The molecule has 0 spiro atoms. The second-order valence-corrected chi connectivity index (χ2v) is 6.01. The van der Waals surface area contributed by atoms with Crippen LogP contribution in [0.15, 0.2) is 29.3 Å². The van der Waals surface area contributed by atoms with Crippen molar-refractivity contribution in [2.45, 2.75) is 45.7 Å². The number of benzene rings is 1. The highest BCUT2D eigenvalue weighted by molar-refractivity contribution is 5.79. The average molecular weight is 320 g/mol. The minimum absolute atomic E-state index is 0.209. The SMILES string of the molecule is CCNC(=NCc1ccc(F)cc1)NCC(CC)N1CCCC1. The van der Waals surface area contributed by atoms with Gasteiger partial charge in [-0.25, -0.2) is 9.38 Å². The molecule has 1 atom stereocenters. The van der Waals surface area contributed by atoms with Crippen LogP contribution in [-0.4, -0.2) is 43.1 Å². The smallest absolute Gasteiger partial charge is 0.191 e. The van der Waals surface area contributed by atoms with Crippen LogP contribution in [0.4, 0.5) is 4.39 Å². The molecule has 1 aliphatic heterocycles. The van der Waals surface area contributed by atoms with Gasteiger partial charge in [-0.2, -0.15) is 0 Å². The van der Waals surface area contributed by atoms with E-state index in [0.29, 0.717) is 12.6 Å². The molecule has 1 saturated heterocycles. The molecule has 0 aliphatic carbocycles. The highest BCUT2D eigenvalue weighted by Crippen LogP contribution is 2.13. The van der Waals surface area contributed by atoms with Crippen LogP contribution in [0.1, 0.15) is 38.7 Å². The van der Waals surface area contributed by atoms with Crippen LogP contribution in [0.2, 0.25) is 0 Å². The van der Waals surface area contributed by atoms with E-state index in [2.05, 4.69) is 34.4 Å². The van der Waals surface area contributed by atoms with Crippen LogP contribution in [0.3, 0.4) is 0 Å². The molecule has 2 rings (SSSR count). The predicted octanol–water partition coefficient (Wildman–Crippen LogP) is 2.76. The third kappa shape index (κ3) is 5.82. The predicted molar refractivity (Wildman–Crippen MR) is 94.1 cm³/mol. The first-order valence-electron chi connectivity index (χ1n) is 8.73. The molecule has 0 radical (unpaired) electrons. The first-order chi connectivity index (χ1) is 11.2. The lowest BCUT2D eigenvalue weighted by molar-refractivity contribution is 0.236. The Labute approximate surface area is 139 Å². The van der Waals surface area contributed by atoms with E-state index < -0.39 is 0 Å². The van der Waals surface area contributed by atoms with Gasteiger partial charge in [0.15, 0.2) is 5.96 Å². The van der Waals surface area contributed by atoms with Crippen LogP contribution in [0.25, 0.3) is 0 Å². The van der Waals surface area contributed by atoms with E-state index in [0.717, 1.165) is 31.0 Å². The first kappa shape index (κ1) is 17.7. The van der Waals surface area contributed by atoms with Crippen molar-refractivity contribution >= 4 is 5.96 Å². The number of nitrogens with zero attached hydrogens (tertiary/aromatic N) is 2. The van der Waals surface area contributed by atoms with Crippen molar-refractivity contribution in [3.8, 4) is 0 Å². The maximum absolute atomic E-state index is 12.9. The monoisotopic (exact) mass is 320 g/mol. The van der Waals surface area contributed by atoms with E-state index >= 15 is 0 Å². The summed E-state index contributed by atoms with van der Waals surface area (Å²) in [6.07, 6.45) is 3.77. The van der Waals surface area contributed by atoms with Gasteiger partial charge in [-0.15, -0.1) is 0 Å². The van der Waals surface area contributed by atoms with Crippen molar-refractivity contribution < 1.29 is 4.39 Å². The summed E-state index contributed by atoms with van der Waals surface area (Å²) in [5, 5.41) is 6.73. The van der Waals surface area contributed by atoms with Crippen molar-refractivity contribution in [2.24, 2.45) is 4.99 Å². The van der Waals surface area contributed by atoms with E-state index in [1.807, 2.05) is 0 Å². The van der Waals surface area contributed by atoms with Crippen molar-refractivity contribution in [3.63, 3.8) is 0 Å². The maximum atomic E-state index is 12.9. The summed E-state index contributed by atoms with van der Waals surface area (Å²) in [4.78, 5) is 7.17. The fraction of sp³-hybridized carbons (Fsp3) is 0.611. The van der Waals surface area contributed by atoms with Crippen LogP contribution in [0.5, 0.6) is 0 Å².